The van der Waals surface area contributed by atoms with E-state index in [4.69, 9.17) is 0 Å². The van der Waals surface area contributed by atoms with Crippen molar-refractivity contribution in [2.75, 3.05) is 28.6 Å². The number of nitrogens with zero attached hydrogens (tertiary/aromatic N) is 3. The summed E-state index contributed by atoms with van der Waals surface area (Å²) in [5.41, 5.74) is -0.193. The second kappa shape index (κ2) is 9.90. The zero-order valence-corrected chi connectivity index (χ0v) is 18.0. The summed E-state index contributed by atoms with van der Waals surface area (Å²) in [6.07, 6.45) is 0.330. The first-order chi connectivity index (χ1) is 16.3. The van der Waals surface area contributed by atoms with E-state index in [1.807, 2.05) is 4.90 Å². The molecule has 7 nitrogen and oxygen atoms in total. The van der Waals surface area contributed by atoms with E-state index in [0.29, 0.717) is 24.6 Å². The summed E-state index contributed by atoms with van der Waals surface area (Å²) in [6, 6.07) is 12.4. The molecule has 0 spiro atoms. The van der Waals surface area contributed by atoms with Crippen molar-refractivity contribution in [2.45, 2.75) is 19.0 Å². The lowest BCUT2D eigenvalue weighted by Crippen LogP contribution is -2.41. The molecule has 0 saturated carbocycles. The summed E-state index contributed by atoms with van der Waals surface area (Å²) >= 11 is 0. The van der Waals surface area contributed by atoms with E-state index < -0.39 is 17.6 Å². The molecule has 1 saturated heterocycles. The molecule has 1 atom stereocenters. The molecule has 4 rings (SSSR count). The normalized spacial score (nSPS) is 16.1. The van der Waals surface area contributed by atoms with Gasteiger partial charge in [0.1, 0.15) is 0 Å². The van der Waals surface area contributed by atoms with Crippen LogP contribution in [0.1, 0.15) is 28.8 Å². The van der Waals surface area contributed by atoms with Crippen molar-refractivity contribution < 1.29 is 22.8 Å². The zero-order chi connectivity index (χ0) is 24.1. The van der Waals surface area contributed by atoms with Crippen LogP contribution in [0.4, 0.5) is 30.5 Å². The molecule has 3 aromatic rings. The maximum absolute atomic E-state index is 12.9. The van der Waals surface area contributed by atoms with Crippen LogP contribution < -0.4 is 15.5 Å². The number of halogens is 3. The minimum Gasteiger partial charge on any atom is -0.340 e. The molecule has 1 aliphatic heterocycles. The predicted octanol–water partition coefficient (Wildman–Crippen LogP) is 4.60. The smallest absolute Gasteiger partial charge is 0.340 e. The fraction of sp³-hybridized carbons (Fsp3) is 0.250. The van der Waals surface area contributed by atoms with Crippen molar-refractivity contribution in [1.82, 2.24) is 9.97 Å². The molecule has 2 N–H and O–H groups in total. The van der Waals surface area contributed by atoms with Gasteiger partial charge in [0, 0.05) is 42.4 Å². The monoisotopic (exact) mass is 469 g/mol. The average molecular weight is 469 g/mol. The van der Waals surface area contributed by atoms with Gasteiger partial charge in [0.25, 0.3) is 5.91 Å². The van der Waals surface area contributed by atoms with E-state index in [0.717, 1.165) is 25.1 Å². The molecule has 0 bridgehead atoms. The van der Waals surface area contributed by atoms with Gasteiger partial charge in [-0.2, -0.15) is 13.2 Å². The van der Waals surface area contributed by atoms with E-state index >= 15 is 0 Å². The summed E-state index contributed by atoms with van der Waals surface area (Å²) in [6.45, 7) is 1.24. The maximum atomic E-state index is 12.9. The van der Waals surface area contributed by atoms with E-state index in [9.17, 15) is 22.8 Å². The minimum absolute atomic E-state index is 0.0275. The van der Waals surface area contributed by atoms with Crippen molar-refractivity contribution in [2.24, 2.45) is 5.92 Å². The molecule has 2 aromatic carbocycles. The number of carbonyl (C=O) groups is 2. The van der Waals surface area contributed by atoms with Crippen molar-refractivity contribution in [3.8, 4) is 0 Å². The van der Waals surface area contributed by atoms with Crippen LogP contribution in [0.15, 0.2) is 67.0 Å². The highest BCUT2D eigenvalue weighted by atomic mass is 19.4. The Kier molecular flexibility index (Phi) is 6.76. The average Bonchev–Trinajstić information content (AvgIpc) is 2.84. The molecule has 2 amide bonds. The van der Waals surface area contributed by atoms with Gasteiger partial charge in [-0.25, -0.2) is 9.97 Å². The van der Waals surface area contributed by atoms with Gasteiger partial charge >= 0.3 is 6.18 Å². The van der Waals surface area contributed by atoms with Gasteiger partial charge < -0.3 is 15.5 Å². The van der Waals surface area contributed by atoms with Crippen LogP contribution >= 0.6 is 0 Å². The van der Waals surface area contributed by atoms with Gasteiger partial charge in [0.2, 0.25) is 11.9 Å². The van der Waals surface area contributed by atoms with Crippen molar-refractivity contribution in [3.63, 3.8) is 0 Å². The number of rotatable bonds is 5. The topological polar surface area (TPSA) is 87.2 Å². The highest BCUT2D eigenvalue weighted by molar-refractivity contribution is 6.05. The second-order valence-corrected chi connectivity index (χ2v) is 7.94. The van der Waals surface area contributed by atoms with Gasteiger partial charge in [0.15, 0.2) is 0 Å². The molecule has 10 heteroatoms. The predicted molar refractivity (Wildman–Crippen MR) is 121 cm³/mol. The highest BCUT2D eigenvalue weighted by Crippen LogP contribution is 2.31. The number of amides is 2. The van der Waals surface area contributed by atoms with Crippen LogP contribution in [-0.4, -0.2) is 34.9 Å². The quantitative estimate of drug-likeness (QED) is 0.570. The number of hydrogen-bond donors (Lipinski definition) is 2. The number of piperidine rings is 1. The van der Waals surface area contributed by atoms with Crippen molar-refractivity contribution in [1.29, 1.82) is 0 Å². The minimum atomic E-state index is -4.51. The number of alkyl halides is 3. The molecule has 1 aromatic heterocycles. The Hall–Kier alpha value is -3.95. The summed E-state index contributed by atoms with van der Waals surface area (Å²) in [5, 5.41) is 5.30. The summed E-state index contributed by atoms with van der Waals surface area (Å²) in [5.74, 6) is -0.468. The third-order valence-corrected chi connectivity index (χ3v) is 5.47. The first kappa shape index (κ1) is 23.2. The Morgan fingerprint density at radius 2 is 1.65 bits per heavy atom. The first-order valence-electron chi connectivity index (χ1n) is 10.7. The summed E-state index contributed by atoms with van der Waals surface area (Å²) in [4.78, 5) is 35.9. The number of aromatic nitrogens is 2. The molecular weight excluding hydrogens is 447 g/mol. The largest absolute Gasteiger partial charge is 0.416 e. The lowest BCUT2D eigenvalue weighted by Gasteiger charge is -2.31. The fourth-order valence-corrected chi connectivity index (χ4v) is 3.79. The van der Waals surface area contributed by atoms with Gasteiger partial charge in [-0.15, -0.1) is 0 Å². The highest BCUT2D eigenvalue weighted by Gasteiger charge is 2.30. The van der Waals surface area contributed by atoms with Crippen LogP contribution in [0.25, 0.3) is 0 Å². The van der Waals surface area contributed by atoms with Gasteiger partial charge in [0.05, 0.1) is 11.5 Å². The van der Waals surface area contributed by atoms with Crippen molar-refractivity contribution >= 4 is 29.1 Å². The second-order valence-electron chi connectivity index (χ2n) is 7.94. The molecular formula is C24H22F3N5O2. The standard InChI is InChI=1S/C24H22F3N5O2/c25-24(26,27)18-7-2-9-20(14-18)31-21(33)16-5-1-8-19(13-16)30-22(34)17-6-3-12-32(15-17)23-28-10-4-11-29-23/h1-2,4-5,7-11,13-14,17H,3,6,12,15H2,(H,30,34)(H,31,33)/t17-/m0/s1. The summed E-state index contributed by atoms with van der Waals surface area (Å²) < 4.78 is 38.7. The van der Waals surface area contributed by atoms with Crippen LogP contribution in [0.2, 0.25) is 0 Å². The molecule has 0 unspecified atom stereocenters. The van der Waals surface area contributed by atoms with E-state index in [1.165, 1.54) is 24.3 Å². The van der Waals surface area contributed by atoms with E-state index in [-0.39, 0.29) is 23.1 Å². The van der Waals surface area contributed by atoms with Crippen LogP contribution in [0, 0.1) is 5.92 Å². The van der Waals surface area contributed by atoms with Gasteiger partial charge in [-0.05, 0) is 55.3 Å². The molecule has 0 aliphatic carbocycles. The number of nitrogens with one attached hydrogen (secondary N) is 2. The molecule has 1 fully saturated rings. The number of hydrogen-bond acceptors (Lipinski definition) is 5. The SMILES string of the molecule is O=C(Nc1cccc(C(F)(F)F)c1)c1cccc(NC(=O)[C@H]2CCCN(c3ncccn3)C2)c1. The Morgan fingerprint density at radius 1 is 0.941 bits per heavy atom. The van der Waals surface area contributed by atoms with Crippen LogP contribution in [0.3, 0.4) is 0 Å². The fourth-order valence-electron chi connectivity index (χ4n) is 3.79. The lowest BCUT2D eigenvalue weighted by molar-refractivity contribution is -0.137. The molecule has 1 aliphatic rings. The third-order valence-electron chi connectivity index (χ3n) is 5.47. The first-order valence-corrected chi connectivity index (χ1v) is 10.7. The third kappa shape index (κ3) is 5.69. The Bertz CT molecular complexity index is 1170. The van der Waals surface area contributed by atoms with Gasteiger partial charge in [-0.3, -0.25) is 9.59 Å². The molecule has 176 valence electrons. The number of anilines is 3. The molecule has 2 heterocycles. The molecule has 0 radical (unpaired) electrons. The van der Waals surface area contributed by atoms with Crippen LogP contribution in [-0.2, 0) is 11.0 Å². The number of carbonyl (C=O) groups excluding carboxylic acids is 2. The zero-order valence-electron chi connectivity index (χ0n) is 18.0. The summed E-state index contributed by atoms with van der Waals surface area (Å²) in [7, 11) is 0. The van der Waals surface area contributed by atoms with Crippen molar-refractivity contribution in [3.05, 3.63) is 78.1 Å². The van der Waals surface area contributed by atoms with Crippen LogP contribution in [0.5, 0.6) is 0 Å². The Balaban J connectivity index is 1.40. The lowest BCUT2D eigenvalue weighted by atomic mass is 9.97. The van der Waals surface area contributed by atoms with E-state index in [2.05, 4.69) is 20.6 Å². The van der Waals surface area contributed by atoms with Gasteiger partial charge in [-0.1, -0.05) is 12.1 Å². The van der Waals surface area contributed by atoms with E-state index in [1.54, 1.807) is 30.6 Å². The Labute approximate surface area is 194 Å². The molecule has 34 heavy (non-hydrogen) atoms. The number of benzene rings is 2. The maximum Gasteiger partial charge on any atom is 0.416 e. The Morgan fingerprint density at radius 3 is 2.38 bits per heavy atom.